The highest BCUT2D eigenvalue weighted by atomic mass is 35.5. The summed E-state index contributed by atoms with van der Waals surface area (Å²) in [5.41, 5.74) is 0.782. The summed E-state index contributed by atoms with van der Waals surface area (Å²) in [7, 11) is 0. The van der Waals surface area contributed by atoms with Gasteiger partial charge >= 0.3 is 0 Å². The molecule has 4 aromatic rings. The summed E-state index contributed by atoms with van der Waals surface area (Å²) < 4.78 is 46.7. The van der Waals surface area contributed by atoms with Gasteiger partial charge in [0, 0.05) is 17.3 Å². The van der Waals surface area contributed by atoms with Gasteiger partial charge in [-0.15, -0.1) is 10.2 Å². The fourth-order valence-electron chi connectivity index (χ4n) is 2.76. The summed E-state index contributed by atoms with van der Waals surface area (Å²) in [4.78, 5) is 16.7. The Morgan fingerprint density at radius 1 is 1.10 bits per heavy atom. The fourth-order valence-corrected chi connectivity index (χ4v) is 3.13. The van der Waals surface area contributed by atoms with Crippen molar-refractivity contribution in [3.8, 4) is 11.5 Å². The summed E-state index contributed by atoms with van der Waals surface area (Å²) in [5.74, 6) is -4.07. The number of carbonyl (C=O) groups is 1. The molecule has 152 valence electrons. The number of nitrogens with one attached hydrogen (secondary N) is 1. The first-order valence-electron chi connectivity index (χ1n) is 8.29. The van der Waals surface area contributed by atoms with Crippen molar-refractivity contribution in [1.82, 2.24) is 15.2 Å². The molecule has 11 heteroatoms. The molecule has 0 saturated carbocycles. The van der Waals surface area contributed by atoms with Crippen LogP contribution < -0.4 is 5.32 Å². The predicted octanol–water partition coefficient (Wildman–Crippen LogP) is 5.57. The molecular weight excluding hydrogens is 444 g/mol. The molecule has 0 spiro atoms. The Balaban J connectivity index is 1.74. The number of amides is 1. The minimum absolute atomic E-state index is 0.0277. The lowest BCUT2D eigenvalue weighted by atomic mass is 10.1. The molecule has 0 radical (unpaired) electrons. The van der Waals surface area contributed by atoms with Crippen LogP contribution in [0.15, 0.2) is 34.7 Å². The second-order valence-electron chi connectivity index (χ2n) is 6.18. The van der Waals surface area contributed by atoms with Crippen molar-refractivity contribution >= 4 is 46.0 Å². The Morgan fingerprint density at radius 3 is 2.63 bits per heavy atom. The van der Waals surface area contributed by atoms with Gasteiger partial charge in [0.15, 0.2) is 22.4 Å². The third-order valence-corrected chi connectivity index (χ3v) is 4.81. The van der Waals surface area contributed by atoms with Crippen molar-refractivity contribution in [2.24, 2.45) is 0 Å². The molecule has 2 heterocycles. The number of benzene rings is 2. The summed E-state index contributed by atoms with van der Waals surface area (Å²) in [6.07, 6.45) is 0. The molecule has 0 aliphatic rings. The van der Waals surface area contributed by atoms with E-state index in [0.717, 1.165) is 24.3 Å². The molecule has 1 N–H and O–H groups in total. The average Bonchev–Trinajstić information content (AvgIpc) is 3.11. The number of rotatable bonds is 3. The van der Waals surface area contributed by atoms with E-state index in [4.69, 9.17) is 27.6 Å². The van der Waals surface area contributed by atoms with Crippen molar-refractivity contribution in [3.63, 3.8) is 0 Å². The maximum absolute atomic E-state index is 14.3. The topological polar surface area (TPSA) is 80.9 Å². The van der Waals surface area contributed by atoms with Crippen LogP contribution in [0.5, 0.6) is 0 Å². The summed E-state index contributed by atoms with van der Waals surface area (Å²) in [6, 6.07) is 5.42. The first-order valence-corrected chi connectivity index (χ1v) is 9.05. The van der Waals surface area contributed by atoms with E-state index < -0.39 is 28.4 Å². The standard InChI is InChI=1S/C19H9Cl2F3N4O2/c1-7-10(19-26-17-13(30-19)6-14(20)27-28-17)4-8(22)5-12(7)25-18(29)9-2-3-11(23)16(24)15(9)21/h2-6H,1H3,(H,25,29). The van der Waals surface area contributed by atoms with E-state index in [0.29, 0.717) is 5.56 Å². The number of halogens is 5. The highest BCUT2D eigenvalue weighted by Gasteiger charge is 2.20. The first-order chi connectivity index (χ1) is 14.2. The smallest absolute Gasteiger partial charge is 0.257 e. The molecule has 0 unspecified atom stereocenters. The summed E-state index contributed by atoms with van der Waals surface area (Å²) in [5, 5.41) is 9.29. The molecule has 2 aromatic carbocycles. The minimum atomic E-state index is -1.35. The van der Waals surface area contributed by atoms with E-state index in [2.05, 4.69) is 20.5 Å². The second kappa shape index (κ2) is 7.58. The average molecular weight is 453 g/mol. The monoisotopic (exact) mass is 452 g/mol. The number of nitrogens with zero attached hydrogens (tertiary/aromatic N) is 3. The molecule has 0 saturated heterocycles. The van der Waals surface area contributed by atoms with Crippen LogP contribution in [0.2, 0.25) is 10.2 Å². The number of oxazole rings is 1. The summed E-state index contributed by atoms with van der Waals surface area (Å²) in [6.45, 7) is 1.59. The Bertz CT molecular complexity index is 1330. The second-order valence-corrected chi connectivity index (χ2v) is 6.94. The van der Waals surface area contributed by atoms with Crippen LogP contribution in [0.4, 0.5) is 18.9 Å². The molecule has 0 fully saturated rings. The lowest BCUT2D eigenvalue weighted by molar-refractivity contribution is 0.102. The van der Waals surface area contributed by atoms with Crippen molar-refractivity contribution in [2.45, 2.75) is 6.92 Å². The van der Waals surface area contributed by atoms with Crippen LogP contribution >= 0.6 is 23.2 Å². The van der Waals surface area contributed by atoms with Gasteiger partial charge < -0.3 is 9.73 Å². The van der Waals surface area contributed by atoms with Crippen LogP contribution in [0.25, 0.3) is 22.7 Å². The zero-order chi connectivity index (χ0) is 21.6. The number of hydrogen-bond acceptors (Lipinski definition) is 5. The van der Waals surface area contributed by atoms with Crippen LogP contribution in [0.1, 0.15) is 15.9 Å². The molecule has 6 nitrogen and oxygen atoms in total. The zero-order valence-electron chi connectivity index (χ0n) is 14.9. The van der Waals surface area contributed by atoms with Gasteiger partial charge in [0.2, 0.25) is 11.5 Å². The molecule has 2 aromatic heterocycles. The van der Waals surface area contributed by atoms with Crippen LogP contribution in [-0.2, 0) is 0 Å². The minimum Gasteiger partial charge on any atom is -0.434 e. The zero-order valence-corrected chi connectivity index (χ0v) is 16.4. The van der Waals surface area contributed by atoms with Crippen LogP contribution in [0.3, 0.4) is 0 Å². The molecule has 0 atom stereocenters. The van der Waals surface area contributed by atoms with E-state index in [1.54, 1.807) is 6.92 Å². The molecule has 30 heavy (non-hydrogen) atoms. The molecule has 0 aliphatic heterocycles. The number of anilines is 1. The Morgan fingerprint density at radius 2 is 1.87 bits per heavy atom. The van der Waals surface area contributed by atoms with Crippen molar-refractivity contribution in [2.75, 3.05) is 5.32 Å². The fraction of sp³-hybridized carbons (Fsp3) is 0.0526. The van der Waals surface area contributed by atoms with Crippen molar-refractivity contribution in [1.29, 1.82) is 0 Å². The van der Waals surface area contributed by atoms with Crippen molar-refractivity contribution < 1.29 is 22.4 Å². The van der Waals surface area contributed by atoms with E-state index in [1.807, 2.05) is 0 Å². The van der Waals surface area contributed by atoms with E-state index in [9.17, 15) is 18.0 Å². The third-order valence-electron chi connectivity index (χ3n) is 4.26. The Hall–Kier alpha value is -3.17. The van der Waals surface area contributed by atoms with Gasteiger partial charge in [0.1, 0.15) is 5.82 Å². The molecule has 4 rings (SSSR count). The van der Waals surface area contributed by atoms with Gasteiger partial charge in [-0.1, -0.05) is 23.2 Å². The highest BCUT2D eigenvalue weighted by Crippen LogP contribution is 2.32. The Labute approximate surface area is 176 Å². The van der Waals surface area contributed by atoms with Crippen LogP contribution in [0, 0.1) is 24.4 Å². The predicted molar refractivity (Wildman–Crippen MR) is 104 cm³/mol. The number of fused-ring (bicyclic) bond motifs is 1. The number of hydrogen-bond donors (Lipinski definition) is 1. The maximum atomic E-state index is 14.3. The van der Waals surface area contributed by atoms with Gasteiger partial charge in [-0.3, -0.25) is 4.79 Å². The van der Waals surface area contributed by atoms with Gasteiger partial charge in [-0.2, -0.15) is 4.98 Å². The maximum Gasteiger partial charge on any atom is 0.257 e. The van der Waals surface area contributed by atoms with Gasteiger partial charge in [-0.25, -0.2) is 13.2 Å². The largest absolute Gasteiger partial charge is 0.434 e. The SMILES string of the molecule is Cc1c(NC(=O)c2ccc(F)c(F)c2Cl)cc(F)cc1-c1nc2nnc(Cl)cc2o1. The normalized spacial score (nSPS) is 11.1. The van der Waals surface area contributed by atoms with E-state index >= 15 is 0 Å². The summed E-state index contributed by atoms with van der Waals surface area (Å²) >= 11 is 11.5. The molecule has 0 bridgehead atoms. The first kappa shape index (κ1) is 20.1. The van der Waals surface area contributed by atoms with Crippen molar-refractivity contribution in [3.05, 3.63) is 69.1 Å². The number of aromatic nitrogens is 3. The van der Waals surface area contributed by atoms with Gasteiger partial charge in [-0.05, 0) is 36.8 Å². The Kier molecular flexibility index (Phi) is 5.08. The van der Waals surface area contributed by atoms with Crippen LogP contribution in [-0.4, -0.2) is 21.1 Å². The molecule has 0 aliphatic carbocycles. The van der Waals surface area contributed by atoms with Gasteiger partial charge in [0.25, 0.3) is 5.91 Å². The molecule has 1 amide bonds. The third kappa shape index (κ3) is 3.57. The molecular formula is C19H9Cl2F3N4O2. The highest BCUT2D eigenvalue weighted by molar-refractivity contribution is 6.34. The van der Waals surface area contributed by atoms with E-state index in [1.165, 1.54) is 6.07 Å². The quantitative estimate of drug-likeness (QED) is 0.411. The van der Waals surface area contributed by atoms with E-state index in [-0.39, 0.29) is 39.1 Å². The lowest BCUT2D eigenvalue weighted by Gasteiger charge is -2.12. The van der Waals surface area contributed by atoms with Gasteiger partial charge in [0.05, 0.1) is 10.6 Å². The lowest BCUT2D eigenvalue weighted by Crippen LogP contribution is -2.14. The number of carbonyl (C=O) groups excluding carboxylic acids is 1.